The second-order valence-electron chi connectivity index (χ2n) is 6.40. The molecule has 0 spiro atoms. The van der Waals surface area contributed by atoms with Gasteiger partial charge in [-0.1, -0.05) is 0 Å². The molecular formula is C17H20N6O3. The van der Waals surface area contributed by atoms with Gasteiger partial charge in [-0.25, -0.2) is 9.59 Å². The number of likely N-dealkylation sites (tertiary alicyclic amines) is 1. The molecule has 0 saturated carbocycles. The van der Waals surface area contributed by atoms with Crippen LogP contribution in [0.3, 0.4) is 0 Å². The van der Waals surface area contributed by atoms with Gasteiger partial charge in [-0.3, -0.25) is 5.10 Å². The number of nitrogens with one attached hydrogen (secondary N) is 4. The first-order valence-corrected chi connectivity index (χ1v) is 8.49. The summed E-state index contributed by atoms with van der Waals surface area (Å²) in [7, 11) is 1.52. The van der Waals surface area contributed by atoms with Crippen molar-refractivity contribution in [3.63, 3.8) is 0 Å². The lowest BCUT2D eigenvalue weighted by atomic mass is 9.95. The molecule has 1 atom stereocenters. The quantitative estimate of drug-likeness (QED) is 0.574. The lowest BCUT2D eigenvalue weighted by molar-refractivity contribution is 0.192. The van der Waals surface area contributed by atoms with E-state index < -0.39 is 0 Å². The maximum atomic E-state index is 12.7. The van der Waals surface area contributed by atoms with Gasteiger partial charge < -0.3 is 24.9 Å². The van der Waals surface area contributed by atoms with Crippen molar-refractivity contribution in [2.75, 3.05) is 25.5 Å². The van der Waals surface area contributed by atoms with Gasteiger partial charge in [-0.05, 0) is 25.0 Å². The minimum atomic E-state index is -0.302. The van der Waals surface area contributed by atoms with E-state index >= 15 is 0 Å². The topological polar surface area (TPSA) is 119 Å². The molecule has 0 bridgehead atoms. The summed E-state index contributed by atoms with van der Waals surface area (Å²) >= 11 is 0. The van der Waals surface area contributed by atoms with E-state index in [0.717, 1.165) is 18.5 Å². The first-order chi connectivity index (χ1) is 12.6. The van der Waals surface area contributed by atoms with Crippen molar-refractivity contribution in [1.29, 1.82) is 0 Å². The Morgan fingerprint density at radius 3 is 2.88 bits per heavy atom. The van der Waals surface area contributed by atoms with E-state index in [1.807, 2.05) is 6.07 Å². The number of fused-ring (bicyclic) bond motifs is 1. The van der Waals surface area contributed by atoms with Crippen LogP contribution in [0.5, 0.6) is 5.75 Å². The van der Waals surface area contributed by atoms with Crippen LogP contribution in [-0.2, 0) is 0 Å². The maximum absolute atomic E-state index is 12.7. The SMILES string of the molecule is COc1cc2[nH]c(=O)[nH]c2cc1NC(=O)N1CCC[C@@H](c2ccn[nH]2)C1. The Labute approximate surface area is 148 Å². The Morgan fingerprint density at radius 2 is 2.15 bits per heavy atom. The number of piperidine rings is 1. The average Bonchev–Trinajstić information content (AvgIpc) is 3.29. The van der Waals surface area contributed by atoms with Gasteiger partial charge in [0, 0.05) is 37.0 Å². The first-order valence-electron chi connectivity index (χ1n) is 8.49. The number of rotatable bonds is 3. The molecule has 26 heavy (non-hydrogen) atoms. The van der Waals surface area contributed by atoms with Crippen molar-refractivity contribution in [3.05, 3.63) is 40.6 Å². The summed E-state index contributed by atoms with van der Waals surface area (Å²) in [5, 5.41) is 9.89. The molecule has 4 N–H and O–H groups in total. The van der Waals surface area contributed by atoms with Crippen LogP contribution in [0.4, 0.5) is 10.5 Å². The van der Waals surface area contributed by atoms with Crippen molar-refractivity contribution < 1.29 is 9.53 Å². The fourth-order valence-corrected chi connectivity index (χ4v) is 3.43. The van der Waals surface area contributed by atoms with Crippen LogP contribution in [0.2, 0.25) is 0 Å². The number of H-pyrrole nitrogens is 3. The number of benzene rings is 1. The summed E-state index contributed by atoms with van der Waals surface area (Å²) < 4.78 is 5.35. The number of urea groups is 1. The number of ether oxygens (including phenoxy) is 1. The van der Waals surface area contributed by atoms with Crippen LogP contribution in [0.15, 0.2) is 29.2 Å². The minimum Gasteiger partial charge on any atom is -0.494 e. The number of nitrogens with zero attached hydrogens (tertiary/aromatic N) is 2. The molecule has 1 fully saturated rings. The van der Waals surface area contributed by atoms with Gasteiger partial charge in [-0.2, -0.15) is 5.10 Å². The van der Waals surface area contributed by atoms with E-state index in [1.54, 1.807) is 23.2 Å². The number of aromatic amines is 3. The van der Waals surface area contributed by atoms with E-state index in [9.17, 15) is 9.59 Å². The zero-order valence-electron chi connectivity index (χ0n) is 14.3. The summed E-state index contributed by atoms with van der Waals surface area (Å²) in [5.41, 5.74) is 2.50. The third kappa shape index (κ3) is 3.03. The van der Waals surface area contributed by atoms with Crippen LogP contribution in [0, 0.1) is 0 Å². The molecule has 0 radical (unpaired) electrons. The summed E-state index contributed by atoms with van der Waals surface area (Å²) in [4.78, 5) is 31.4. The molecule has 1 aliphatic rings. The molecular weight excluding hydrogens is 336 g/mol. The second kappa shape index (κ2) is 6.58. The number of hydrogen-bond donors (Lipinski definition) is 4. The fraction of sp³-hybridized carbons (Fsp3) is 0.353. The number of carbonyl (C=O) groups excluding carboxylic acids is 1. The molecule has 3 aromatic rings. The summed E-state index contributed by atoms with van der Waals surface area (Å²) in [6.45, 7) is 1.32. The highest BCUT2D eigenvalue weighted by atomic mass is 16.5. The van der Waals surface area contributed by atoms with Gasteiger partial charge in [0.2, 0.25) is 0 Å². The standard InChI is InChI=1S/C17H20N6O3/c1-26-15-8-13-12(19-16(24)20-13)7-14(15)21-17(25)23-6-2-3-10(9-23)11-4-5-18-22-11/h4-5,7-8,10H,2-3,6,9H2,1H3,(H,18,22)(H,21,25)(H2,19,20,24)/t10-/m1/s1. The van der Waals surface area contributed by atoms with Gasteiger partial charge in [0.05, 0.1) is 23.8 Å². The highest BCUT2D eigenvalue weighted by Crippen LogP contribution is 2.30. The lowest BCUT2D eigenvalue weighted by Gasteiger charge is -2.32. The molecule has 0 unspecified atom stereocenters. The Morgan fingerprint density at radius 1 is 1.35 bits per heavy atom. The molecule has 2 amide bonds. The molecule has 9 heteroatoms. The van der Waals surface area contributed by atoms with E-state index in [4.69, 9.17) is 4.74 Å². The minimum absolute atomic E-state index is 0.190. The molecule has 3 heterocycles. The third-order valence-electron chi connectivity index (χ3n) is 4.75. The average molecular weight is 356 g/mol. The van der Waals surface area contributed by atoms with Crippen molar-refractivity contribution in [2.45, 2.75) is 18.8 Å². The zero-order valence-corrected chi connectivity index (χ0v) is 14.3. The van der Waals surface area contributed by atoms with Crippen LogP contribution < -0.4 is 15.7 Å². The van der Waals surface area contributed by atoms with E-state index in [0.29, 0.717) is 35.6 Å². The van der Waals surface area contributed by atoms with Crippen molar-refractivity contribution >= 4 is 22.8 Å². The maximum Gasteiger partial charge on any atom is 0.323 e. The van der Waals surface area contributed by atoms with Crippen molar-refractivity contribution in [3.8, 4) is 5.75 Å². The highest BCUT2D eigenvalue weighted by molar-refractivity contribution is 5.94. The normalized spacial score (nSPS) is 17.4. The van der Waals surface area contributed by atoms with Crippen LogP contribution in [0.1, 0.15) is 24.5 Å². The summed E-state index contributed by atoms with van der Waals surface area (Å²) in [5.74, 6) is 0.741. The number of amides is 2. The Balaban J connectivity index is 1.53. The van der Waals surface area contributed by atoms with Crippen LogP contribution in [-0.4, -0.2) is 51.3 Å². The van der Waals surface area contributed by atoms with E-state index in [2.05, 4.69) is 25.5 Å². The largest absolute Gasteiger partial charge is 0.494 e. The van der Waals surface area contributed by atoms with Gasteiger partial charge in [-0.15, -0.1) is 0 Å². The van der Waals surface area contributed by atoms with Gasteiger partial charge in [0.1, 0.15) is 5.75 Å². The Bertz CT molecular complexity index is 974. The van der Waals surface area contributed by atoms with Crippen molar-refractivity contribution in [2.24, 2.45) is 0 Å². The molecule has 1 saturated heterocycles. The predicted molar refractivity (Wildman–Crippen MR) is 96.6 cm³/mol. The molecule has 1 aliphatic heterocycles. The number of hydrogen-bond acceptors (Lipinski definition) is 4. The number of carbonyl (C=O) groups is 1. The first kappa shape index (κ1) is 16.2. The van der Waals surface area contributed by atoms with E-state index in [-0.39, 0.29) is 17.6 Å². The highest BCUT2D eigenvalue weighted by Gasteiger charge is 2.26. The van der Waals surface area contributed by atoms with Crippen LogP contribution in [0.25, 0.3) is 11.0 Å². The summed E-state index contributed by atoms with van der Waals surface area (Å²) in [6.07, 6.45) is 3.68. The Hall–Kier alpha value is -3.23. The number of imidazole rings is 1. The van der Waals surface area contributed by atoms with Gasteiger partial charge in [0.25, 0.3) is 0 Å². The molecule has 2 aromatic heterocycles. The van der Waals surface area contributed by atoms with Crippen LogP contribution >= 0.6 is 0 Å². The zero-order chi connectivity index (χ0) is 18.1. The fourth-order valence-electron chi connectivity index (χ4n) is 3.43. The molecule has 4 rings (SSSR count). The molecule has 0 aliphatic carbocycles. The molecule has 136 valence electrons. The second-order valence-corrected chi connectivity index (χ2v) is 6.40. The summed E-state index contributed by atoms with van der Waals surface area (Å²) in [6, 6.07) is 5.14. The molecule has 1 aromatic carbocycles. The predicted octanol–water partition coefficient (Wildman–Crippen LogP) is 2.00. The number of anilines is 1. The van der Waals surface area contributed by atoms with Gasteiger partial charge >= 0.3 is 11.7 Å². The smallest absolute Gasteiger partial charge is 0.323 e. The van der Waals surface area contributed by atoms with Gasteiger partial charge in [0.15, 0.2) is 0 Å². The van der Waals surface area contributed by atoms with E-state index in [1.165, 1.54) is 7.11 Å². The lowest BCUT2D eigenvalue weighted by Crippen LogP contribution is -2.41. The van der Waals surface area contributed by atoms with Crippen molar-refractivity contribution in [1.82, 2.24) is 25.1 Å². The molecule has 9 nitrogen and oxygen atoms in total. The third-order valence-corrected chi connectivity index (χ3v) is 4.75. The number of aromatic nitrogens is 4. The monoisotopic (exact) mass is 356 g/mol. The number of methoxy groups -OCH3 is 1. The Kier molecular flexibility index (Phi) is 4.11.